The summed E-state index contributed by atoms with van der Waals surface area (Å²) < 4.78 is 0. The Hall–Kier alpha value is -2.48. The molecule has 0 saturated carbocycles. The zero-order valence-corrected chi connectivity index (χ0v) is 14.8. The van der Waals surface area contributed by atoms with Crippen LogP contribution in [0.3, 0.4) is 0 Å². The van der Waals surface area contributed by atoms with Crippen LogP contribution in [0.25, 0.3) is 0 Å². The van der Waals surface area contributed by atoms with E-state index in [1.807, 2.05) is 18.2 Å². The van der Waals surface area contributed by atoms with E-state index < -0.39 is 13.7 Å². The Balaban J connectivity index is 0.000000701. The van der Waals surface area contributed by atoms with Gasteiger partial charge in [0.25, 0.3) is 0 Å². The van der Waals surface area contributed by atoms with E-state index in [1.165, 1.54) is 15.9 Å². The number of aliphatic hydroxyl groups is 1. The maximum atomic E-state index is 9.81. The topological polar surface area (TPSA) is 60.4 Å². The first-order chi connectivity index (χ1) is 12.3. The van der Waals surface area contributed by atoms with Crippen LogP contribution in [0, 0.1) is 0 Å². The maximum absolute atomic E-state index is 9.81. The summed E-state index contributed by atoms with van der Waals surface area (Å²) in [5, 5.41) is 22.0. The highest BCUT2D eigenvalue weighted by atomic mass is 31.2. The number of rotatable bonds is 5. The normalized spacial score (nSPS) is 10.4. The number of hydrogen-bond acceptors (Lipinski definition) is 3. The molecule has 3 rings (SSSR count). The maximum Gasteiger partial charge on any atom is 0.114 e. The van der Waals surface area contributed by atoms with Crippen LogP contribution < -0.4 is 21.0 Å². The van der Waals surface area contributed by atoms with Gasteiger partial charge in [-0.05, 0) is 36.4 Å². The molecule has 128 valence electrons. The Morgan fingerprint density at radius 3 is 1.24 bits per heavy atom. The summed E-state index contributed by atoms with van der Waals surface area (Å²) in [5.41, 5.74) is 0. The second-order valence-electron chi connectivity index (χ2n) is 5.36. The highest BCUT2D eigenvalue weighted by molar-refractivity contribution is 7.95. The van der Waals surface area contributed by atoms with Crippen LogP contribution in [0.1, 0.15) is 0 Å². The first-order valence-electron chi connectivity index (χ1n) is 8.01. The predicted octanol–water partition coefficient (Wildman–Crippen LogP) is 1.34. The van der Waals surface area contributed by atoms with Crippen molar-refractivity contribution in [3.63, 3.8) is 0 Å². The molecular weight excluding hydrogens is 331 g/mol. The third-order valence-electron chi connectivity index (χ3n) is 4.03. The van der Waals surface area contributed by atoms with Gasteiger partial charge in [-0.25, -0.2) is 0 Å². The molecule has 0 radical (unpaired) electrons. The van der Waals surface area contributed by atoms with Gasteiger partial charge in [0.1, 0.15) is 23.2 Å². The summed E-state index contributed by atoms with van der Waals surface area (Å²) >= 11 is 0. The molecular formula is C21H21O3P. The van der Waals surface area contributed by atoms with Crippen LogP contribution in [0.15, 0.2) is 91.0 Å². The largest absolute Gasteiger partial charge is 0.554 e. The SMILES string of the molecule is O=C[O-].OCC[P+](c1ccccc1)(c1ccccc1)c1ccccc1. The molecule has 0 spiro atoms. The van der Waals surface area contributed by atoms with Crippen molar-refractivity contribution in [1.82, 2.24) is 0 Å². The minimum atomic E-state index is -1.80. The molecule has 0 atom stereocenters. The lowest BCUT2D eigenvalue weighted by atomic mass is 10.4. The van der Waals surface area contributed by atoms with Crippen molar-refractivity contribution in [3.8, 4) is 0 Å². The predicted molar refractivity (Wildman–Crippen MR) is 103 cm³/mol. The Morgan fingerprint density at radius 2 is 1.00 bits per heavy atom. The molecule has 3 nitrogen and oxygen atoms in total. The Labute approximate surface area is 148 Å². The van der Waals surface area contributed by atoms with Crippen LogP contribution in [-0.2, 0) is 4.79 Å². The molecule has 0 saturated heterocycles. The van der Waals surface area contributed by atoms with Crippen molar-refractivity contribution in [2.24, 2.45) is 0 Å². The second kappa shape index (κ2) is 9.73. The average molecular weight is 352 g/mol. The molecule has 0 amide bonds. The lowest BCUT2D eigenvalue weighted by Crippen LogP contribution is -2.34. The molecule has 0 heterocycles. The van der Waals surface area contributed by atoms with E-state index in [-0.39, 0.29) is 6.61 Å². The van der Waals surface area contributed by atoms with Crippen molar-refractivity contribution < 1.29 is 15.0 Å². The van der Waals surface area contributed by atoms with E-state index in [2.05, 4.69) is 72.8 Å². The zero-order valence-electron chi connectivity index (χ0n) is 13.9. The monoisotopic (exact) mass is 352 g/mol. The van der Waals surface area contributed by atoms with Gasteiger partial charge in [-0.15, -0.1) is 0 Å². The van der Waals surface area contributed by atoms with Crippen LogP contribution in [0.5, 0.6) is 0 Å². The number of hydrogen-bond donors (Lipinski definition) is 1. The van der Waals surface area contributed by atoms with Gasteiger partial charge in [-0.2, -0.15) is 0 Å². The third-order valence-corrected chi connectivity index (χ3v) is 8.44. The van der Waals surface area contributed by atoms with Gasteiger partial charge < -0.3 is 15.0 Å². The highest BCUT2D eigenvalue weighted by Gasteiger charge is 2.44. The number of carbonyl (C=O) groups excluding carboxylic acids is 1. The number of carboxylic acid groups (broad SMARTS) is 1. The molecule has 4 heteroatoms. The summed E-state index contributed by atoms with van der Waals surface area (Å²) in [6, 6.07) is 31.9. The minimum Gasteiger partial charge on any atom is -0.554 e. The van der Waals surface area contributed by atoms with Gasteiger partial charge in [0.05, 0.1) is 12.8 Å². The third kappa shape index (κ3) is 4.33. The molecule has 3 aromatic rings. The van der Waals surface area contributed by atoms with E-state index in [0.29, 0.717) is 0 Å². The summed E-state index contributed by atoms with van der Waals surface area (Å²) in [6.45, 7) is -0.313. The molecule has 0 aromatic heterocycles. The summed E-state index contributed by atoms with van der Waals surface area (Å²) in [7, 11) is -1.80. The fourth-order valence-electron chi connectivity index (χ4n) is 3.03. The van der Waals surface area contributed by atoms with E-state index in [1.54, 1.807) is 0 Å². The fraction of sp³-hybridized carbons (Fsp3) is 0.0952. The van der Waals surface area contributed by atoms with Crippen molar-refractivity contribution >= 4 is 29.6 Å². The molecule has 0 aliphatic carbocycles. The van der Waals surface area contributed by atoms with E-state index in [4.69, 9.17) is 9.90 Å². The molecule has 1 N–H and O–H groups in total. The summed E-state index contributed by atoms with van der Waals surface area (Å²) in [6.07, 6.45) is 0.769. The minimum absolute atomic E-state index is 0.187. The molecule has 0 bridgehead atoms. The highest BCUT2D eigenvalue weighted by Crippen LogP contribution is 2.54. The zero-order chi connectivity index (χ0) is 18.0. The lowest BCUT2D eigenvalue weighted by Gasteiger charge is -2.26. The average Bonchev–Trinajstić information content (AvgIpc) is 2.69. The van der Waals surface area contributed by atoms with Crippen molar-refractivity contribution in [2.45, 2.75) is 0 Å². The lowest BCUT2D eigenvalue weighted by molar-refractivity contribution is -0.283. The molecule has 0 unspecified atom stereocenters. The summed E-state index contributed by atoms with van der Waals surface area (Å²) in [5.74, 6) is 0. The quantitative estimate of drug-likeness (QED) is 0.557. The second-order valence-corrected chi connectivity index (χ2v) is 8.98. The van der Waals surface area contributed by atoms with Gasteiger partial charge in [-0.1, -0.05) is 54.6 Å². The van der Waals surface area contributed by atoms with Crippen LogP contribution in [-0.4, -0.2) is 24.3 Å². The van der Waals surface area contributed by atoms with E-state index in [9.17, 15) is 5.11 Å². The van der Waals surface area contributed by atoms with Gasteiger partial charge in [0.2, 0.25) is 0 Å². The first-order valence-corrected chi connectivity index (χ1v) is 9.98. The van der Waals surface area contributed by atoms with Crippen LogP contribution in [0.4, 0.5) is 0 Å². The molecule has 0 aliphatic heterocycles. The van der Waals surface area contributed by atoms with E-state index >= 15 is 0 Å². The Kier molecular flexibility index (Phi) is 7.34. The smallest absolute Gasteiger partial charge is 0.114 e. The Bertz CT molecular complexity index is 649. The van der Waals surface area contributed by atoms with Crippen molar-refractivity contribution in [3.05, 3.63) is 91.0 Å². The Morgan fingerprint density at radius 1 is 0.720 bits per heavy atom. The van der Waals surface area contributed by atoms with E-state index in [0.717, 1.165) is 6.16 Å². The van der Waals surface area contributed by atoms with Gasteiger partial charge >= 0.3 is 0 Å². The van der Waals surface area contributed by atoms with Gasteiger partial charge in [-0.3, -0.25) is 0 Å². The molecule has 0 aliphatic rings. The molecule has 3 aromatic carbocycles. The van der Waals surface area contributed by atoms with Crippen molar-refractivity contribution in [2.75, 3.05) is 12.8 Å². The number of benzene rings is 3. The standard InChI is InChI=1S/C20H20OP.CH2O2/c21-16-17-22(18-10-4-1-5-11-18,19-12-6-2-7-13-19)20-14-8-3-9-15-20;2-1-3/h1-15,21H,16-17H2;1H,(H,2,3)/q+1;/p-1. The van der Waals surface area contributed by atoms with Gasteiger partial charge in [0, 0.05) is 6.47 Å². The van der Waals surface area contributed by atoms with Gasteiger partial charge in [0.15, 0.2) is 0 Å². The van der Waals surface area contributed by atoms with Crippen LogP contribution >= 0.6 is 7.26 Å². The number of aliphatic hydroxyl groups excluding tert-OH is 1. The summed E-state index contributed by atoms with van der Waals surface area (Å²) in [4.78, 5) is 8.25. The fourth-order valence-corrected chi connectivity index (χ4v) is 7.04. The molecule has 25 heavy (non-hydrogen) atoms. The molecule has 0 fully saturated rings. The first kappa shape index (κ1) is 18.9. The number of carbonyl (C=O) groups is 1. The van der Waals surface area contributed by atoms with Crippen LogP contribution in [0.2, 0.25) is 0 Å². The van der Waals surface area contributed by atoms with Crippen molar-refractivity contribution in [1.29, 1.82) is 0 Å².